The highest BCUT2D eigenvalue weighted by Gasteiger charge is 2.10. The molecule has 0 aliphatic rings. The Bertz CT molecular complexity index is 674. The second kappa shape index (κ2) is 6.88. The molecule has 2 aromatic rings. The minimum atomic E-state index is -1.03. The number of aryl methyl sites for hydroxylation is 3. The molecule has 0 fully saturated rings. The van der Waals surface area contributed by atoms with Gasteiger partial charge in [0.2, 0.25) is 5.91 Å². The van der Waals surface area contributed by atoms with Gasteiger partial charge in [-0.3, -0.25) is 14.2 Å². The second-order valence-corrected chi connectivity index (χ2v) is 4.99. The van der Waals surface area contributed by atoms with Crippen molar-refractivity contribution in [3.05, 3.63) is 29.7 Å². The molecule has 0 aliphatic carbocycles. The van der Waals surface area contributed by atoms with E-state index in [-0.39, 0.29) is 17.9 Å². The largest absolute Gasteiger partial charge is 0.478 e. The van der Waals surface area contributed by atoms with Crippen LogP contribution in [0.2, 0.25) is 0 Å². The zero-order valence-electron chi connectivity index (χ0n) is 12.6. The minimum Gasteiger partial charge on any atom is -0.478 e. The van der Waals surface area contributed by atoms with E-state index >= 15 is 0 Å². The molecule has 0 aromatic carbocycles. The number of carbonyl (C=O) groups excluding carboxylic acids is 1. The summed E-state index contributed by atoms with van der Waals surface area (Å²) in [5, 5.41) is 19.7. The van der Waals surface area contributed by atoms with Crippen molar-refractivity contribution in [1.29, 1.82) is 0 Å². The van der Waals surface area contributed by atoms with Crippen LogP contribution in [-0.4, -0.2) is 36.5 Å². The normalized spacial score (nSPS) is 10.6. The lowest BCUT2D eigenvalue weighted by atomic mass is 10.3. The first-order valence-corrected chi connectivity index (χ1v) is 7.09. The van der Waals surface area contributed by atoms with Gasteiger partial charge in [0.1, 0.15) is 0 Å². The maximum atomic E-state index is 11.9. The zero-order valence-corrected chi connectivity index (χ0v) is 12.6. The number of anilines is 1. The van der Waals surface area contributed by atoms with Crippen LogP contribution in [0.1, 0.15) is 35.8 Å². The molecule has 2 N–H and O–H groups in total. The van der Waals surface area contributed by atoms with Crippen molar-refractivity contribution < 1.29 is 14.7 Å². The van der Waals surface area contributed by atoms with Crippen molar-refractivity contribution in [1.82, 2.24) is 19.6 Å². The van der Waals surface area contributed by atoms with Crippen molar-refractivity contribution in [2.45, 2.75) is 39.8 Å². The van der Waals surface area contributed by atoms with Gasteiger partial charge in [0.05, 0.1) is 11.8 Å². The molecule has 22 heavy (non-hydrogen) atoms. The van der Waals surface area contributed by atoms with Crippen molar-refractivity contribution in [2.75, 3.05) is 5.32 Å². The first-order chi connectivity index (χ1) is 10.5. The molecule has 8 nitrogen and oxygen atoms in total. The summed E-state index contributed by atoms with van der Waals surface area (Å²) in [7, 11) is 0. The summed E-state index contributed by atoms with van der Waals surface area (Å²) in [6.07, 6.45) is 3.83. The summed E-state index contributed by atoms with van der Waals surface area (Å²) in [6.45, 7) is 5.13. The number of carboxylic acid groups (broad SMARTS) is 1. The van der Waals surface area contributed by atoms with E-state index in [1.165, 1.54) is 17.1 Å². The van der Waals surface area contributed by atoms with Gasteiger partial charge < -0.3 is 10.4 Å². The molecule has 0 saturated carbocycles. The predicted molar refractivity (Wildman–Crippen MR) is 79.7 cm³/mol. The predicted octanol–water partition coefficient (Wildman–Crippen LogP) is 1.53. The number of carboxylic acids is 1. The van der Waals surface area contributed by atoms with Crippen LogP contribution in [0.4, 0.5) is 5.82 Å². The number of nitrogens with zero attached hydrogens (tertiary/aromatic N) is 4. The van der Waals surface area contributed by atoms with Gasteiger partial charge in [-0.15, -0.1) is 0 Å². The average Bonchev–Trinajstić information content (AvgIpc) is 3.05. The third-order valence-electron chi connectivity index (χ3n) is 3.13. The highest BCUT2D eigenvalue weighted by molar-refractivity contribution is 5.89. The molecular formula is C14H19N5O3. The van der Waals surface area contributed by atoms with Gasteiger partial charge in [-0.1, -0.05) is 6.92 Å². The Balaban J connectivity index is 1.87. The van der Waals surface area contributed by atoms with E-state index in [9.17, 15) is 9.59 Å². The van der Waals surface area contributed by atoms with Gasteiger partial charge >= 0.3 is 5.97 Å². The molecule has 0 radical (unpaired) electrons. The van der Waals surface area contributed by atoms with Crippen LogP contribution in [0.5, 0.6) is 0 Å². The highest BCUT2D eigenvalue weighted by atomic mass is 16.4. The first-order valence-electron chi connectivity index (χ1n) is 7.09. The van der Waals surface area contributed by atoms with Crippen LogP contribution in [0, 0.1) is 6.92 Å². The smallest absolute Gasteiger partial charge is 0.338 e. The van der Waals surface area contributed by atoms with E-state index in [4.69, 9.17) is 5.11 Å². The van der Waals surface area contributed by atoms with E-state index < -0.39 is 5.97 Å². The molecule has 0 bridgehead atoms. The van der Waals surface area contributed by atoms with Crippen LogP contribution < -0.4 is 5.32 Å². The molecule has 0 aliphatic heterocycles. The SMILES string of the molecule is CCCn1nc(NC(=O)CCn2cc(C(=O)O)cn2)cc1C. The quantitative estimate of drug-likeness (QED) is 0.807. The number of rotatable bonds is 7. The Morgan fingerprint density at radius 1 is 1.36 bits per heavy atom. The lowest BCUT2D eigenvalue weighted by Gasteiger charge is -2.03. The van der Waals surface area contributed by atoms with Gasteiger partial charge in [-0.25, -0.2) is 4.79 Å². The number of aromatic nitrogens is 4. The van der Waals surface area contributed by atoms with Crippen LogP contribution in [0.15, 0.2) is 18.5 Å². The summed E-state index contributed by atoms with van der Waals surface area (Å²) in [6, 6.07) is 1.82. The number of hydrogen-bond acceptors (Lipinski definition) is 4. The standard InChI is InChI=1S/C14H19N5O3/c1-3-5-19-10(2)7-12(17-19)16-13(20)4-6-18-9-11(8-15-18)14(21)22/h7-9H,3-6H2,1-2H3,(H,21,22)(H,16,17,20). The van der Waals surface area contributed by atoms with Crippen molar-refractivity contribution >= 4 is 17.7 Å². The molecule has 0 atom stereocenters. The maximum Gasteiger partial charge on any atom is 0.338 e. The van der Waals surface area contributed by atoms with Crippen LogP contribution in [0.3, 0.4) is 0 Å². The topological polar surface area (TPSA) is 102 Å². The summed E-state index contributed by atoms with van der Waals surface area (Å²) >= 11 is 0. The molecule has 1 amide bonds. The van der Waals surface area contributed by atoms with E-state index in [1.54, 1.807) is 0 Å². The molecule has 0 unspecified atom stereocenters. The number of amides is 1. The van der Waals surface area contributed by atoms with E-state index in [1.807, 2.05) is 17.7 Å². The number of hydrogen-bond donors (Lipinski definition) is 2. The number of carbonyl (C=O) groups is 2. The van der Waals surface area contributed by atoms with E-state index in [0.29, 0.717) is 12.4 Å². The van der Waals surface area contributed by atoms with E-state index in [2.05, 4.69) is 22.4 Å². The van der Waals surface area contributed by atoms with Gasteiger partial charge in [0.25, 0.3) is 0 Å². The Kier molecular flexibility index (Phi) is 4.92. The maximum absolute atomic E-state index is 11.9. The van der Waals surface area contributed by atoms with E-state index in [0.717, 1.165) is 18.7 Å². The monoisotopic (exact) mass is 305 g/mol. The second-order valence-electron chi connectivity index (χ2n) is 4.99. The first kappa shape index (κ1) is 15.7. The Labute approximate surface area is 127 Å². The molecule has 2 rings (SSSR count). The van der Waals surface area contributed by atoms with Crippen molar-refractivity contribution in [2.24, 2.45) is 0 Å². The van der Waals surface area contributed by atoms with Crippen molar-refractivity contribution in [3.8, 4) is 0 Å². The van der Waals surface area contributed by atoms with Gasteiger partial charge in [-0.2, -0.15) is 10.2 Å². The molecule has 0 spiro atoms. The third kappa shape index (κ3) is 3.94. The number of aromatic carboxylic acids is 1. The molecule has 0 saturated heterocycles. The van der Waals surface area contributed by atoms with Crippen LogP contribution in [-0.2, 0) is 17.9 Å². The van der Waals surface area contributed by atoms with Crippen LogP contribution in [0.25, 0.3) is 0 Å². The molecule has 118 valence electrons. The Morgan fingerprint density at radius 2 is 2.14 bits per heavy atom. The summed E-state index contributed by atoms with van der Waals surface area (Å²) in [4.78, 5) is 22.6. The zero-order chi connectivity index (χ0) is 16.1. The molecule has 2 heterocycles. The fourth-order valence-corrected chi connectivity index (χ4v) is 2.03. The summed E-state index contributed by atoms with van der Waals surface area (Å²) < 4.78 is 3.28. The fraction of sp³-hybridized carbons (Fsp3) is 0.429. The molecule has 2 aromatic heterocycles. The third-order valence-corrected chi connectivity index (χ3v) is 3.13. The van der Waals surface area contributed by atoms with Crippen molar-refractivity contribution in [3.63, 3.8) is 0 Å². The lowest BCUT2D eigenvalue weighted by Crippen LogP contribution is -2.15. The van der Waals surface area contributed by atoms with Gasteiger partial charge in [0, 0.05) is 37.5 Å². The number of nitrogens with one attached hydrogen (secondary N) is 1. The lowest BCUT2D eigenvalue weighted by molar-refractivity contribution is -0.116. The van der Waals surface area contributed by atoms with Crippen LogP contribution >= 0.6 is 0 Å². The summed E-state index contributed by atoms with van der Waals surface area (Å²) in [5.74, 6) is -0.691. The fourth-order valence-electron chi connectivity index (χ4n) is 2.03. The van der Waals surface area contributed by atoms with Gasteiger partial charge in [-0.05, 0) is 13.3 Å². The minimum absolute atomic E-state index is 0.106. The highest BCUT2D eigenvalue weighted by Crippen LogP contribution is 2.09. The molecule has 8 heteroatoms. The Hall–Kier alpha value is -2.64. The molecular weight excluding hydrogens is 286 g/mol. The summed E-state index contributed by atoms with van der Waals surface area (Å²) in [5.41, 5.74) is 1.10. The van der Waals surface area contributed by atoms with Gasteiger partial charge in [0.15, 0.2) is 5.82 Å². The Morgan fingerprint density at radius 3 is 2.77 bits per heavy atom. The average molecular weight is 305 g/mol.